The van der Waals surface area contributed by atoms with E-state index in [9.17, 15) is 4.79 Å². The van der Waals surface area contributed by atoms with Gasteiger partial charge < -0.3 is 19.5 Å². The monoisotopic (exact) mass is 370 g/mol. The molecule has 0 radical (unpaired) electrons. The van der Waals surface area contributed by atoms with Crippen LogP contribution in [0.25, 0.3) is 0 Å². The second-order valence-electron chi connectivity index (χ2n) is 6.38. The number of ether oxygens (including phenoxy) is 3. The Kier molecular flexibility index (Phi) is 6.68. The van der Waals surface area contributed by atoms with E-state index in [4.69, 9.17) is 14.2 Å². The minimum Gasteiger partial charge on any atom is -0.497 e. The number of carbonyl (C=O) groups excluding carboxylic acids is 1. The van der Waals surface area contributed by atoms with Gasteiger partial charge in [0.2, 0.25) is 0 Å². The van der Waals surface area contributed by atoms with E-state index in [2.05, 4.69) is 16.3 Å². The number of methoxy groups -OCH3 is 2. The van der Waals surface area contributed by atoms with Crippen molar-refractivity contribution in [3.63, 3.8) is 0 Å². The van der Waals surface area contributed by atoms with Crippen LogP contribution < -0.4 is 14.8 Å². The molecule has 2 aromatic carbocycles. The Hall–Kier alpha value is -2.57. The molecule has 1 amide bonds. The molecule has 144 valence electrons. The molecular formula is C21H26N2O4. The highest BCUT2D eigenvalue weighted by Crippen LogP contribution is 2.25. The smallest absolute Gasteiger partial charge is 0.251 e. The number of hydrogen-bond donors (Lipinski definition) is 1. The Morgan fingerprint density at radius 1 is 1.07 bits per heavy atom. The van der Waals surface area contributed by atoms with Crippen molar-refractivity contribution in [3.8, 4) is 11.5 Å². The van der Waals surface area contributed by atoms with Gasteiger partial charge in [0.15, 0.2) is 0 Å². The van der Waals surface area contributed by atoms with Crippen molar-refractivity contribution < 1.29 is 19.0 Å². The van der Waals surface area contributed by atoms with Gasteiger partial charge in [-0.3, -0.25) is 9.69 Å². The Bertz CT molecular complexity index is 742. The predicted molar refractivity (Wildman–Crippen MR) is 103 cm³/mol. The van der Waals surface area contributed by atoms with Crippen molar-refractivity contribution in [1.29, 1.82) is 0 Å². The molecule has 1 N–H and O–H groups in total. The number of hydrogen-bond acceptors (Lipinski definition) is 5. The maximum Gasteiger partial charge on any atom is 0.251 e. The summed E-state index contributed by atoms with van der Waals surface area (Å²) in [5, 5.41) is 3.07. The van der Waals surface area contributed by atoms with E-state index < -0.39 is 0 Å². The zero-order valence-corrected chi connectivity index (χ0v) is 15.8. The fraction of sp³-hybridized carbons (Fsp3) is 0.381. The number of benzene rings is 2. The Morgan fingerprint density at radius 2 is 1.78 bits per heavy atom. The molecule has 3 rings (SSSR count). The molecule has 1 heterocycles. The van der Waals surface area contributed by atoms with Gasteiger partial charge in [0, 0.05) is 25.2 Å². The second-order valence-corrected chi connectivity index (χ2v) is 6.38. The van der Waals surface area contributed by atoms with Gasteiger partial charge in [-0.2, -0.15) is 0 Å². The summed E-state index contributed by atoms with van der Waals surface area (Å²) in [6.45, 7) is 3.58. The third kappa shape index (κ3) is 4.99. The van der Waals surface area contributed by atoms with Gasteiger partial charge in [0.05, 0.1) is 33.5 Å². The van der Waals surface area contributed by atoms with Crippen molar-refractivity contribution in [2.75, 3.05) is 47.1 Å². The van der Waals surface area contributed by atoms with E-state index >= 15 is 0 Å². The average Bonchev–Trinajstić information content (AvgIpc) is 2.74. The molecule has 27 heavy (non-hydrogen) atoms. The number of amides is 1. The molecule has 0 bridgehead atoms. The van der Waals surface area contributed by atoms with Crippen LogP contribution in [0.1, 0.15) is 22.0 Å². The van der Waals surface area contributed by atoms with Gasteiger partial charge in [-0.05, 0) is 42.0 Å². The Balaban J connectivity index is 1.73. The molecule has 0 saturated carbocycles. The van der Waals surface area contributed by atoms with Crippen LogP contribution in [0.5, 0.6) is 11.5 Å². The normalized spacial score (nSPS) is 15.8. The van der Waals surface area contributed by atoms with Crippen molar-refractivity contribution in [3.05, 3.63) is 59.7 Å². The summed E-state index contributed by atoms with van der Waals surface area (Å²) in [5.41, 5.74) is 1.73. The Morgan fingerprint density at radius 3 is 2.44 bits per heavy atom. The van der Waals surface area contributed by atoms with Crippen LogP contribution in [-0.2, 0) is 4.74 Å². The molecule has 0 aromatic heterocycles. The maximum absolute atomic E-state index is 12.6. The van der Waals surface area contributed by atoms with Gasteiger partial charge in [-0.15, -0.1) is 0 Å². The molecular weight excluding hydrogens is 344 g/mol. The number of morpholine rings is 1. The zero-order valence-electron chi connectivity index (χ0n) is 15.8. The number of nitrogens with one attached hydrogen (secondary N) is 1. The average molecular weight is 370 g/mol. The van der Waals surface area contributed by atoms with E-state index in [0.29, 0.717) is 25.3 Å². The van der Waals surface area contributed by atoms with Crippen LogP contribution in [0, 0.1) is 0 Å². The lowest BCUT2D eigenvalue weighted by atomic mass is 10.0. The first kappa shape index (κ1) is 19.2. The molecule has 1 fully saturated rings. The molecule has 0 aliphatic carbocycles. The highest BCUT2D eigenvalue weighted by molar-refractivity contribution is 5.94. The molecule has 6 heteroatoms. The largest absolute Gasteiger partial charge is 0.497 e. The fourth-order valence-electron chi connectivity index (χ4n) is 3.23. The summed E-state index contributed by atoms with van der Waals surface area (Å²) in [4.78, 5) is 14.9. The zero-order chi connectivity index (χ0) is 19.1. The predicted octanol–water partition coefficient (Wildman–Crippen LogP) is 2.51. The van der Waals surface area contributed by atoms with Crippen molar-refractivity contribution in [1.82, 2.24) is 10.2 Å². The topological polar surface area (TPSA) is 60.0 Å². The first-order valence-electron chi connectivity index (χ1n) is 9.09. The van der Waals surface area contributed by atoms with Gasteiger partial charge in [-0.1, -0.05) is 12.1 Å². The lowest BCUT2D eigenvalue weighted by Crippen LogP contribution is -2.43. The second kappa shape index (κ2) is 9.39. The third-order valence-electron chi connectivity index (χ3n) is 4.77. The van der Waals surface area contributed by atoms with Crippen LogP contribution >= 0.6 is 0 Å². The molecule has 1 aliphatic rings. The quantitative estimate of drug-likeness (QED) is 0.812. The van der Waals surface area contributed by atoms with Gasteiger partial charge in [-0.25, -0.2) is 0 Å². The molecule has 1 atom stereocenters. The van der Waals surface area contributed by atoms with E-state index in [-0.39, 0.29) is 11.9 Å². The van der Waals surface area contributed by atoms with Crippen LogP contribution in [-0.4, -0.2) is 57.9 Å². The molecule has 0 spiro atoms. The van der Waals surface area contributed by atoms with Crippen LogP contribution in [0.15, 0.2) is 48.5 Å². The van der Waals surface area contributed by atoms with E-state index in [1.807, 2.05) is 18.2 Å². The van der Waals surface area contributed by atoms with E-state index in [1.54, 1.807) is 38.5 Å². The summed E-state index contributed by atoms with van der Waals surface area (Å²) < 4.78 is 16.0. The third-order valence-corrected chi connectivity index (χ3v) is 4.77. The molecule has 1 aliphatic heterocycles. The molecule has 1 saturated heterocycles. The fourth-order valence-corrected chi connectivity index (χ4v) is 3.23. The van der Waals surface area contributed by atoms with Crippen LogP contribution in [0.4, 0.5) is 0 Å². The highest BCUT2D eigenvalue weighted by Gasteiger charge is 2.23. The minimum atomic E-state index is -0.0983. The van der Waals surface area contributed by atoms with E-state index in [0.717, 1.165) is 30.2 Å². The SMILES string of the molecule is COc1ccc(C(=O)NC[C@@H](c2cccc(OC)c2)N2CCOCC2)cc1. The van der Waals surface area contributed by atoms with Gasteiger partial charge >= 0.3 is 0 Å². The number of rotatable bonds is 7. The van der Waals surface area contributed by atoms with Crippen molar-refractivity contribution in [2.45, 2.75) is 6.04 Å². The highest BCUT2D eigenvalue weighted by atomic mass is 16.5. The number of carbonyl (C=O) groups is 1. The maximum atomic E-state index is 12.6. The lowest BCUT2D eigenvalue weighted by molar-refractivity contribution is 0.0162. The first-order valence-corrected chi connectivity index (χ1v) is 9.09. The first-order chi connectivity index (χ1) is 13.2. The Labute approximate surface area is 160 Å². The van der Waals surface area contributed by atoms with Gasteiger partial charge in [0.1, 0.15) is 11.5 Å². The van der Waals surface area contributed by atoms with Crippen LogP contribution in [0.3, 0.4) is 0 Å². The van der Waals surface area contributed by atoms with Crippen molar-refractivity contribution in [2.24, 2.45) is 0 Å². The molecule has 2 aromatic rings. The summed E-state index contributed by atoms with van der Waals surface area (Å²) in [7, 11) is 3.27. The number of nitrogens with zero attached hydrogens (tertiary/aromatic N) is 1. The summed E-state index contributed by atoms with van der Waals surface area (Å²) in [6, 6.07) is 15.2. The summed E-state index contributed by atoms with van der Waals surface area (Å²) >= 11 is 0. The standard InChI is InChI=1S/C21H26N2O4/c1-25-18-8-6-16(7-9-18)21(24)22-15-20(23-10-12-27-13-11-23)17-4-3-5-19(14-17)26-2/h3-9,14,20H,10-13,15H2,1-2H3,(H,22,24)/t20-/m0/s1. The molecule has 6 nitrogen and oxygen atoms in total. The molecule has 0 unspecified atom stereocenters. The summed E-state index contributed by atoms with van der Waals surface area (Å²) in [6.07, 6.45) is 0. The lowest BCUT2D eigenvalue weighted by Gasteiger charge is -2.35. The van der Waals surface area contributed by atoms with E-state index in [1.165, 1.54) is 0 Å². The van der Waals surface area contributed by atoms with Gasteiger partial charge in [0.25, 0.3) is 5.91 Å². The van der Waals surface area contributed by atoms with Crippen LogP contribution in [0.2, 0.25) is 0 Å². The minimum absolute atomic E-state index is 0.0613. The van der Waals surface area contributed by atoms with Crippen molar-refractivity contribution >= 4 is 5.91 Å². The summed E-state index contributed by atoms with van der Waals surface area (Å²) in [5.74, 6) is 1.44.